The van der Waals surface area contributed by atoms with Gasteiger partial charge in [-0.3, -0.25) is 10.1 Å². The molecule has 1 atom stereocenters. The monoisotopic (exact) mass is 591 g/mol. The van der Waals surface area contributed by atoms with E-state index < -0.39 is 10.8 Å². The number of halogens is 3. The van der Waals surface area contributed by atoms with Crippen LogP contribution in [0.5, 0.6) is 0 Å². The minimum atomic E-state index is -0.629. The maximum absolute atomic E-state index is 14.3. The summed E-state index contributed by atoms with van der Waals surface area (Å²) in [6.45, 7) is 3.56. The number of aromatic nitrogens is 2. The van der Waals surface area contributed by atoms with E-state index in [-0.39, 0.29) is 23.1 Å². The van der Waals surface area contributed by atoms with Crippen molar-refractivity contribution in [1.29, 1.82) is 5.26 Å². The summed E-state index contributed by atoms with van der Waals surface area (Å²) in [4.78, 5) is 23.8. The molecule has 0 bridgehead atoms. The first-order valence-corrected chi connectivity index (χ1v) is 13.5. The zero-order valence-corrected chi connectivity index (χ0v) is 23.4. The number of para-hydroxylation sites is 1. The highest BCUT2D eigenvalue weighted by Gasteiger charge is 2.30. The third kappa shape index (κ3) is 5.87. The van der Waals surface area contributed by atoms with E-state index in [1.807, 2.05) is 11.8 Å². The lowest BCUT2D eigenvalue weighted by Crippen LogP contribution is -2.47. The van der Waals surface area contributed by atoms with Gasteiger partial charge in [-0.25, -0.2) is 14.4 Å². The number of nitriles is 1. The summed E-state index contributed by atoms with van der Waals surface area (Å²) >= 11 is 12.6. The van der Waals surface area contributed by atoms with E-state index in [1.165, 1.54) is 12.4 Å². The summed E-state index contributed by atoms with van der Waals surface area (Å²) in [5, 5.41) is 26.1. The second-order valence-electron chi connectivity index (χ2n) is 9.50. The van der Waals surface area contributed by atoms with E-state index in [4.69, 9.17) is 23.2 Å². The predicted molar refractivity (Wildman–Crippen MR) is 158 cm³/mol. The van der Waals surface area contributed by atoms with Crippen molar-refractivity contribution in [2.75, 3.05) is 41.3 Å². The number of piperazine rings is 1. The van der Waals surface area contributed by atoms with E-state index in [1.54, 1.807) is 59.5 Å². The first-order valence-electron chi connectivity index (χ1n) is 12.7. The fraction of sp³-hybridized carbons (Fsp3) is 0.207. The predicted octanol–water partition coefficient (Wildman–Crippen LogP) is 6.86. The molecule has 0 saturated carbocycles. The van der Waals surface area contributed by atoms with Crippen molar-refractivity contribution in [1.82, 2.24) is 9.97 Å². The lowest BCUT2D eigenvalue weighted by Gasteiger charge is -2.36. The van der Waals surface area contributed by atoms with Crippen LogP contribution in [0.25, 0.3) is 0 Å². The van der Waals surface area contributed by atoms with Crippen LogP contribution in [0, 0.1) is 34.2 Å². The number of nitro groups is 1. The molecular formula is C29H24Cl2FN7O2. The normalized spacial score (nSPS) is 13.9. The molecule has 41 heavy (non-hydrogen) atoms. The molecule has 1 unspecified atom stereocenters. The summed E-state index contributed by atoms with van der Waals surface area (Å²) in [5.41, 5.74) is 2.78. The Morgan fingerprint density at radius 2 is 1.73 bits per heavy atom. The highest BCUT2D eigenvalue weighted by Crippen LogP contribution is 2.38. The molecule has 1 fully saturated rings. The van der Waals surface area contributed by atoms with Gasteiger partial charge in [0, 0.05) is 41.9 Å². The number of nitrogens with zero attached hydrogens (tertiary/aromatic N) is 6. The van der Waals surface area contributed by atoms with Crippen molar-refractivity contribution in [2.45, 2.75) is 12.8 Å². The number of hydrogen-bond donors (Lipinski definition) is 1. The highest BCUT2D eigenvalue weighted by atomic mass is 35.5. The first-order chi connectivity index (χ1) is 19.8. The zero-order valence-electron chi connectivity index (χ0n) is 21.9. The number of benzene rings is 3. The molecule has 1 saturated heterocycles. The van der Waals surface area contributed by atoms with Gasteiger partial charge in [-0.1, -0.05) is 53.5 Å². The van der Waals surface area contributed by atoms with Crippen LogP contribution < -0.4 is 15.1 Å². The zero-order chi connectivity index (χ0) is 29.1. The van der Waals surface area contributed by atoms with Gasteiger partial charge in [-0.2, -0.15) is 5.26 Å². The van der Waals surface area contributed by atoms with Crippen LogP contribution in [0.15, 0.2) is 67.0 Å². The van der Waals surface area contributed by atoms with Gasteiger partial charge in [0.05, 0.1) is 22.6 Å². The lowest BCUT2D eigenvalue weighted by atomic mass is 9.91. The van der Waals surface area contributed by atoms with E-state index in [9.17, 15) is 19.8 Å². The third-order valence-corrected chi connectivity index (χ3v) is 7.58. The van der Waals surface area contributed by atoms with Crippen molar-refractivity contribution in [3.63, 3.8) is 0 Å². The van der Waals surface area contributed by atoms with Gasteiger partial charge in [0.2, 0.25) is 11.6 Å². The van der Waals surface area contributed by atoms with Crippen LogP contribution in [0.2, 0.25) is 10.0 Å². The van der Waals surface area contributed by atoms with Crippen LogP contribution in [0.4, 0.5) is 33.1 Å². The minimum absolute atomic E-state index is 0.0120. The molecule has 1 aliphatic rings. The van der Waals surface area contributed by atoms with Crippen LogP contribution in [0.1, 0.15) is 22.6 Å². The van der Waals surface area contributed by atoms with Gasteiger partial charge in [0.25, 0.3) is 0 Å². The number of rotatable bonds is 7. The van der Waals surface area contributed by atoms with Crippen molar-refractivity contribution in [3.8, 4) is 6.07 Å². The van der Waals surface area contributed by atoms with E-state index in [2.05, 4.69) is 21.4 Å². The van der Waals surface area contributed by atoms with Crippen LogP contribution in [-0.2, 0) is 0 Å². The van der Waals surface area contributed by atoms with E-state index >= 15 is 0 Å². The van der Waals surface area contributed by atoms with Crippen molar-refractivity contribution in [2.24, 2.45) is 0 Å². The van der Waals surface area contributed by atoms with E-state index in [0.717, 1.165) is 5.56 Å². The molecule has 12 heteroatoms. The molecule has 2 heterocycles. The van der Waals surface area contributed by atoms with Crippen molar-refractivity contribution in [3.05, 3.63) is 110 Å². The molecule has 1 aliphatic heterocycles. The number of aryl methyl sites for hydroxylation is 1. The van der Waals surface area contributed by atoms with Gasteiger partial charge < -0.3 is 15.1 Å². The summed E-state index contributed by atoms with van der Waals surface area (Å²) in [6.07, 6.45) is 1.27. The average Bonchev–Trinajstić information content (AvgIpc) is 2.97. The fourth-order valence-electron chi connectivity index (χ4n) is 4.89. The molecule has 0 aliphatic carbocycles. The second-order valence-corrected chi connectivity index (χ2v) is 10.3. The molecule has 0 spiro atoms. The molecule has 0 radical (unpaired) electrons. The van der Waals surface area contributed by atoms with Gasteiger partial charge in [-0.15, -0.1) is 0 Å². The Hall–Kier alpha value is -4.46. The lowest BCUT2D eigenvalue weighted by molar-refractivity contribution is -0.383. The molecule has 3 aromatic carbocycles. The van der Waals surface area contributed by atoms with Crippen molar-refractivity contribution >= 4 is 51.9 Å². The SMILES string of the molecule is Cc1cc(C(C#N)c2ccc(Cl)cc2)c(Cl)cc1Nc1ncnc(N2CCN(c3ccccc3F)CC2)c1[N+](=O)[O-]. The topological polar surface area (TPSA) is 111 Å². The molecule has 0 amide bonds. The van der Waals surface area contributed by atoms with Crippen LogP contribution >= 0.6 is 23.2 Å². The van der Waals surface area contributed by atoms with Crippen molar-refractivity contribution < 1.29 is 9.31 Å². The Bertz CT molecular complexity index is 1640. The fourth-order valence-corrected chi connectivity index (χ4v) is 5.29. The molecule has 5 rings (SSSR count). The standard InChI is InChI=1S/C29H24Cl2FN7O2/c1-18-14-21(22(16-33)19-6-8-20(30)9-7-19)23(31)15-25(18)36-28-27(39(40)41)29(35-17-34-28)38-12-10-37(11-13-38)26-5-3-2-4-24(26)32/h2-9,14-15,17,22H,10-13H2,1H3,(H,34,35,36). The van der Waals surface area contributed by atoms with Gasteiger partial charge >= 0.3 is 5.69 Å². The number of anilines is 4. The smallest absolute Gasteiger partial charge is 0.353 e. The molecule has 1 aromatic heterocycles. The highest BCUT2D eigenvalue weighted by molar-refractivity contribution is 6.32. The Balaban J connectivity index is 1.40. The van der Waals surface area contributed by atoms with Gasteiger partial charge in [-0.05, 0) is 53.9 Å². The molecular weight excluding hydrogens is 568 g/mol. The largest absolute Gasteiger partial charge is 0.366 e. The Morgan fingerprint density at radius 3 is 2.39 bits per heavy atom. The third-order valence-electron chi connectivity index (χ3n) is 7.00. The Labute approximate surface area is 245 Å². The van der Waals surface area contributed by atoms with Gasteiger partial charge in [0.15, 0.2) is 0 Å². The summed E-state index contributed by atoms with van der Waals surface area (Å²) in [7, 11) is 0. The van der Waals surface area contributed by atoms with E-state index in [0.29, 0.717) is 58.7 Å². The van der Waals surface area contributed by atoms with Crippen LogP contribution in [0.3, 0.4) is 0 Å². The Kier molecular flexibility index (Phi) is 8.19. The number of hydrogen-bond acceptors (Lipinski definition) is 8. The average molecular weight is 592 g/mol. The molecule has 4 aromatic rings. The molecule has 1 N–H and O–H groups in total. The quantitative estimate of drug-likeness (QED) is 0.183. The minimum Gasteiger partial charge on any atom is -0.366 e. The summed E-state index contributed by atoms with van der Waals surface area (Å²) < 4.78 is 14.3. The molecule has 9 nitrogen and oxygen atoms in total. The van der Waals surface area contributed by atoms with Gasteiger partial charge in [0.1, 0.15) is 12.1 Å². The summed E-state index contributed by atoms with van der Waals surface area (Å²) in [5.74, 6) is -0.753. The maximum atomic E-state index is 14.3. The van der Waals surface area contributed by atoms with Crippen LogP contribution in [-0.4, -0.2) is 41.1 Å². The second kappa shape index (κ2) is 12.0. The first kappa shape index (κ1) is 28.1. The molecule has 208 valence electrons. The number of nitrogens with one attached hydrogen (secondary N) is 1. The summed E-state index contributed by atoms with van der Waals surface area (Å²) in [6, 6.07) is 19.2. The maximum Gasteiger partial charge on any atom is 0.353 e. The Morgan fingerprint density at radius 1 is 1.05 bits per heavy atom.